The van der Waals surface area contributed by atoms with E-state index in [1.807, 2.05) is 36.4 Å². The Balaban J connectivity index is 1.99. The van der Waals surface area contributed by atoms with E-state index in [0.717, 1.165) is 5.56 Å². The number of carbonyl (C=O) groups is 4. The Labute approximate surface area is 188 Å². The van der Waals surface area contributed by atoms with Crippen LogP contribution >= 0.6 is 0 Å². The van der Waals surface area contributed by atoms with Gasteiger partial charge in [0.1, 0.15) is 0 Å². The fourth-order valence-electron chi connectivity index (χ4n) is 4.40. The number of rotatable bonds is 4. The summed E-state index contributed by atoms with van der Waals surface area (Å²) in [5.74, 6) is -2.47. The Morgan fingerprint density at radius 3 is 2.00 bits per heavy atom. The number of ether oxygens (including phenoxy) is 2. The maximum absolute atomic E-state index is 12.9. The molecule has 0 N–H and O–H groups in total. The van der Waals surface area contributed by atoms with E-state index < -0.39 is 17.9 Å². The molecule has 1 aliphatic heterocycles. The van der Waals surface area contributed by atoms with Gasteiger partial charge in [0.15, 0.2) is 0 Å². The summed E-state index contributed by atoms with van der Waals surface area (Å²) in [6.45, 7) is 1.86. The van der Waals surface area contributed by atoms with Crippen molar-refractivity contribution in [3.8, 4) is 22.3 Å². The van der Waals surface area contributed by atoms with Crippen molar-refractivity contribution in [1.82, 2.24) is 0 Å². The molecule has 0 radical (unpaired) electrons. The monoisotopic (exact) mass is 436 g/mol. The zero-order valence-electron chi connectivity index (χ0n) is 17.5. The average molecular weight is 436 g/mol. The van der Waals surface area contributed by atoms with Gasteiger partial charge in [0.25, 0.3) is 0 Å². The molecule has 0 unspecified atom stereocenters. The molecule has 0 saturated heterocycles. The first-order valence-corrected chi connectivity index (χ1v) is 10.2. The van der Waals surface area contributed by atoms with E-state index in [-0.39, 0.29) is 23.2 Å². The third-order valence-electron chi connectivity index (χ3n) is 5.82. The lowest BCUT2D eigenvalue weighted by Crippen LogP contribution is -2.22. The summed E-state index contributed by atoms with van der Waals surface area (Å²) in [5, 5.41) is 0.686. The molecule has 4 aromatic rings. The van der Waals surface area contributed by atoms with Crippen molar-refractivity contribution in [2.24, 2.45) is 0 Å². The highest BCUT2D eigenvalue weighted by molar-refractivity contribution is 6.27. The van der Waals surface area contributed by atoms with Gasteiger partial charge in [-0.05, 0) is 46.9 Å². The zero-order chi connectivity index (χ0) is 23.1. The predicted octanol–water partition coefficient (Wildman–Crippen LogP) is 5.11. The van der Waals surface area contributed by atoms with Crippen molar-refractivity contribution in [2.75, 3.05) is 0 Å². The highest BCUT2D eigenvalue weighted by Gasteiger charge is 2.34. The van der Waals surface area contributed by atoms with E-state index in [9.17, 15) is 19.2 Å². The summed E-state index contributed by atoms with van der Waals surface area (Å²) >= 11 is 0. The number of benzene rings is 4. The first-order valence-electron chi connectivity index (χ1n) is 10.2. The molecule has 0 amide bonds. The summed E-state index contributed by atoms with van der Waals surface area (Å²) in [6, 6.07) is 21.5. The van der Waals surface area contributed by atoms with Gasteiger partial charge in [0.2, 0.25) is 0 Å². The van der Waals surface area contributed by atoms with Crippen molar-refractivity contribution < 1.29 is 28.7 Å². The van der Waals surface area contributed by atoms with Crippen LogP contribution in [0.4, 0.5) is 0 Å². The quantitative estimate of drug-likeness (QED) is 0.251. The molecular formula is C27H16O6. The van der Waals surface area contributed by atoms with E-state index in [1.165, 1.54) is 6.07 Å². The standard InChI is InChI=1S/C27H16O6/c1-15-18(16-8-4-2-5-9-16)12-21-23-22(15)20(25(29)32-14-28)13-19(17-10-6-3-7-11-17)24(23)27(31)33-26(21)30/h2-14H,1H3. The van der Waals surface area contributed by atoms with Crippen molar-refractivity contribution in [3.05, 3.63) is 95.1 Å². The summed E-state index contributed by atoms with van der Waals surface area (Å²) in [4.78, 5) is 49.6. The van der Waals surface area contributed by atoms with Crippen molar-refractivity contribution in [2.45, 2.75) is 6.92 Å². The van der Waals surface area contributed by atoms with Crippen molar-refractivity contribution in [3.63, 3.8) is 0 Å². The van der Waals surface area contributed by atoms with Gasteiger partial charge in [-0.15, -0.1) is 0 Å². The molecule has 6 nitrogen and oxygen atoms in total. The zero-order valence-corrected chi connectivity index (χ0v) is 17.5. The van der Waals surface area contributed by atoms with Gasteiger partial charge in [-0.25, -0.2) is 14.4 Å². The molecule has 5 rings (SSSR count). The summed E-state index contributed by atoms with van der Waals surface area (Å²) in [6.07, 6.45) is 0. The highest BCUT2D eigenvalue weighted by atomic mass is 16.6. The molecule has 4 aromatic carbocycles. The molecule has 0 aromatic heterocycles. The van der Waals surface area contributed by atoms with Gasteiger partial charge in [-0.3, -0.25) is 4.79 Å². The summed E-state index contributed by atoms with van der Waals surface area (Å²) in [7, 11) is 0. The van der Waals surface area contributed by atoms with Crippen molar-refractivity contribution in [1.29, 1.82) is 0 Å². The van der Waals surface area contributed by atoms with E-state index >= 15 is 0 Å². The number of hydrogen-bond acceptors (Lipinski definition) is 6. The van der Waals surface area contributed by atoms with Crippen molar-refractivity contribution >= 4 is 35.2 Å². The SMILES string of the molecule is Cc1c(-c2ccccc2)cc2c3c(c(-c4ccccc4)cc(C(=O)OC=O)c13)C(=O)OC2=O. The van der Waals surface area contributed by atoms with Gasteiger partial charge in [0.05, 0.1) is 16.7 Å². The van der Waals surface area contributed by atoms with Crippen LogP contribution < -0.4 is 0 Å². The second kappa shape index (κ2) is 7.84. The lowest BCUT2D eigenvalue weighted by molar-refractivity contribution is -0.123. The first-order chi connectivity index (χ1) is 16.0. The van der Waals surface area contributed by atoms with Crippen LogP contribution in [0.5, 0.6) is 0 Å². The van der Waals surface area contributed by atoms with Gasteiger partial charge in [-0.1, -0.05) is 60.7 Å². The van der Waals surface area contributed by atoms with Gasteiger partial charge < -0.3 is 9.47 Å². The van der Waals surface area contributed by atoms with Gasteiger partial charge in [0, 0.05) is 10.8 Å². The second-order valence-electron chi connectivity index (χ2n) is 7.60. The summed E-state index contributed by atoms with van der Waals surface area (Å²) in [5.41, 5.74) is 3.69. The molecule has 160 valence electrons. The molecule has 0 aliphatic carbocycles. The van der Waals surface area contributed by atoms with E-state index in [1.54, 1.807) is 37.3 Å². The Morgan fingerprint density at radius 2 is 1.39 bits per heavy atom. The van der Waals surface area contributed by atoms with E-state index in [0.29, 0.717) is 33.0 Å². The third-order valence-corrected chi connectivity index (χ3v) is 5.82. The van der Waals surface area contributed by atoms with Gasteiger partial charge in [-0.2, -0.15) is 0 Å². The fraction of sp³-hybridized carbons (Fsp3) is 0.0370. The molecule has 1 heterocycles. The molecule has 0 fully saturated rings. The number of hydrogen-bond donors (Lipinski definition) is 0. The Bertz CT molecular complexity index is 1470. The van der Waals surface area contributed by atoms with Crippen LogP contribution in [0.3, 0.4) is 0 Å². The number of carbonyl (C=O) groups excluding carboxylic acids is 4. The molecule has 0 bridgehead atoms. The predicted molar refractivity (Wildman–Crippen MR) is 121 cm³/mol. The molecule has 1 aliphatic rings. The third kappa shape index (κ3) is 3.20. The molecular weight excluding hydrogens is 420 g/mol. The second-order valence-corrected chi connectivity index (χ2v) is 7.60. The number of cyclic esters (lactones) is 2. The molecule has 0 spiro atoms. The molecule has 0 atom stereocenters. The van der Waals surface area contributed by atoms with Gasteiger partial charge >= 0.3 is 24.4 Å². The lowest BCUT2D eigenvalue weighted by Gasteiger charge is -2.23. The first kappa shape index (κ1) is 20.3. The minimum Gasteiger partial charge on any atom is -0.392 e. The van der Waals surface area contributed by atoms with Crippen LogP contribution in [0.15, 0.2) is 72.8 Å². The lowest BCUT2D eigenvalue weighted by atomic mass is 9.83. The van der Waals surface area contributed by atoms with Crippen LogP contribution in [0.2, 0.25) is 0 Å². The molecule has 6 heteroatoms. The van der Waals surface area contributed by atoms with Crippen LogP contribution in [0, 0.1) is 6.92 Å². The average Bonchev–Trinajstić information content (AvgIpc) is 2.83. The summed E-state index contributed by atoms with van der Waals surface area (Å²) < 4.78 is 9.79. The van der Waals surface area contributed by atoms with Crippen LogP contribution in [0.25, 0.3) is 33.0 Å². The minimum absolute atomic E-state index is 0.0623. The van der Waals surface area contributed by atoms with Crippen LogP contribution in [-0.4, -0.2) is 24.4 Å². The fourth-order valence-corrected chi connectivity index (χ4v) is 4.40. The van der Waals surface area contributed by atoms with Crippen LogP contribution in [-0.2, 0) is 14.3 Å². The van der Waals surface area contributed by atoms with E-state index in [4.69, 9.17) is 9.47 Å². The topological polar surface area (TPSA) is 86.7 Å². The highest BCUT2D eigenvalue weighted by Crippen LogP contribution is 2.43. The molecule has 0 saturated carbocycles. The van der Waals surface area contributed by atoms with Crippen LogP contribution in [0.1, 0.15) is 36.6 Å². The molecule has 33 heavy (non-hydrogen) atoms. The van der Waals surface area contributed by atoms with E-state index in [2.05, 4.69) is 0 Å². The number of esters is 3. The normalized spacial score (nSPS) is 12.4. The Kier molecular flexibility index (Phi) is 4.83. The number of aryl methyl sites for hydroxylation is 1. The maximum atomic E-state index is 12.9. The largest absolute Gasteiger partial charge is 0.392 e. The maximum Gasteiger partial charge on any atom is 0.347 e. The smallest absolute Gasteiger partial charge is 0.347 e. The minimum atomic E-state index is -0.876. The Hall–Kier alpha value is -4.58. The Morgan fingerprint density at radius 1 is 0.788 bits per heavy atom.